The summed E-state index contributed by atoms with van der Waals surface area (Å²) in [5.41, 5.74) is 1.84. The van der Waals surface area contributed by atoms with Crippen LogP contribution in [-0.2, 0) is 20.9 Å². The Balaban J connectivity index is 1.45. The molecule has 228 valence electrons. The van der Waals surface area contributed by atoms with Gasteiger partial charge in [0.2, 0.25) is 0 Å². The molecule has 1 amide bonds. The van der Waals surface area contributed by atoms with E-state index in [0.29, 0.717) is 19.1 Å². The highest BCUT2D eigenvalue weighted by atomic mass is 28.3. The van der Waals surface area contributed by atoms with Gasteiger partial charge in [0, 0.05) is 45.8 Å². The minimum atomic E-state index is -1.23. The van der Waals surface area contributed by atoms with Crippen LogP contribution in [0.1, 0.15) is 33.6 Å². The summed E-state index contributed by atoms with van der Waals surface area (Å²) in [6, 6.07) is 13.3. The number of methoxy groups -OCH3 is 1. The number of fused-ring (bicyclic) bond motifs is 3. The molecule has 42 heavy (non-hydrogen) atoms. The lowest BCUT2D eigenvalue weighted by molar-refractivity contribution is 0.0121. The Bertz CT molecular complexity index is 1380. The van der Waals surface area contributed by atoms with Crippen molar-refractivity contribution in [2.75, 3.05) is 38.5 Å². The van der Waals surface area contributed by atoms with Crippen LogP contribution >= 0.6 is 0 Å². The molecule has 5 rings (SSSR count). The molecule has 2 aromatic heterocycles. The van der Waals surface area contributed by atoms with Gasteiger partial charge >= 0.3 is 6.09 Å². The van der Waals surface area contributed by atoms with E-state index in [1.54, 1.807) is 7.11 Å². The molecular formula is C31H45N5O5Si. The summed E-state index contributed by atoms with van der Waals surface area (Å²) in [6.07, 6.45) is 1.72. The van der Waals surface area contributed by atoms with Crippen LogP contribution in [0, 0.1) is 0 Å². The lowest BCUT2D eigenvalue weighted by Crippen LogP contribution is -2.57. The molecule has 2 bridgehead atoms. The van der Waals surface area contributed by atoms with Crippen molar-refractivity contribution >= 4 is 31.0 Å². The number of carbonyl (C=O) groups is 1. The molecule has 0 spiro atoms. The van der Waals surface area contributed by atoms with Gasteiger partial charge in [-0.3, -0.25) is 9.47 Å². The van der Waals surface area contributed by atoms with Gasteiger partial charge in [0.1, 0.15) is 23.9 Å². The second-order valence-electron chi connectivity index (χ2n) is 13.5. The van der Waals surface area contributed by atoms with Gasteiger partial charge in [-0.15, -0.1) is 10.2 Å². The molecule has 11 heteroatoms. The first-order valence-corrected chi connectivity index (χ1v) is 18.6. The molecule has 2 fully saturated rings. The maximum atomic E-state index is 13.1. The Kier molecular flexibility index (Phi) is 8.82. The van der Waals surface area contributed by atoms with Gasteiger partial charge in [0.25, 0.3) is 0 Å². The topological polar surface area (TPSA) is 91.2 Å². The number of carbonyl (C=O) groups excluding carboxylic acids is 1. The molecule has 2 aliphatic rings. The van der Waals surface area contributed by atoms with Gasteiger partial charge in [0.15, 0.2) is 12.4 Å². The average molecular weight is 596 g/mol. The third kappa shape index (κ3) is 6.90. The normalized spacial score (nSPS) is 19.0. The smallest absolute Gasteiger partial charge is 0.410 e. The Morgan fingerprint density at radius 3 is 2.43 bits per heavy atom. The quantitative estimate of drug-likeness (QED) is 0.161. The second kappa shape index (κ2) is 12.2. The monoisotopic (exact) mass is 595 g/mol. The van der Waals surface area contributed by atoms with Crippen molar-refractivity contribution in [3.05, 3.63) is 36.4 Å². The van der Waals surface area contributed by atoms with Crippen molar-refractivity contribution in [1.82, 2.24) is 19.7 Å². The lowest BCUT2D eigenvalue weighted by Gasteiger charge is -2.42. The fourth-order valence-electron chi connectivity index (χ4n) is 5.73. The summed E-state index contributed by atoms with van der Waals surface area (Å²) >= 11 is 0. The van der Waals surface area contributed by atoms with Crippen LogP contribution in [0.15, 0.2) is 36.4 Å². The van der Waals surface area contributed by atoms with Crippen LogP contribution < -0.4 is 9.64 Å². The van der Waals surface area contributed by atoms with E-state index >= 15 is 0 Å². The number of hydrogen-bond acceptors (Lipinski definition) is 8. The van der Waals surface area contributed by atoms with Gasteiger partial charge < -0.3 is 23.8 Å². The lowest BCUT2D eigenvalue weighted by atomic mass is 10.1. The van der Waals surface area contributed by atoms with Crippen molar-refractivity contribution in [1.29, 1.82) is 0 Å². The number of anilines is 1. The number of nitrogens with zero attached hydrogens (tertiary/aromatic N) is 5. The number of ether oxygens (including phenoxy) is 4. The Morgan fingerprint density at radius 2 is 1.76 bits per heavy atom. The third-order valence-electron chi connectivity index (χ3n) is 7.74. The molecule has 0 radical (unpaired) electrons. The molecular weight excluding hydrogens is 550 g/mol. The minimum absolute atomic E-state index is 0.101. The highest BCUT2D eigenvalue weighted by molar-refractivity contribution is 6.76. The van der Waals surface area contributed by atoms with Crippen molar-refractivity contribution in [3.8, 4) is 17.0 Å². The Hall–Kier alpha value is -3.15. The molecule has 2 aliphatic heterocycles. The van der Waals surface area contributed by atoms with Crippen molar-refractivity contribution in [2.24, 2.45) is 0 Å². The average Bonchev–Trinajstić information content (AvgIpc) is 3.42. The van der Waals surface area contributed by atoms with E-state index < -0.39 is 13.7 Å². The first kappa shape index (κ1) is 30.3. The molecule has 2 atom stereocenters. The van der Waals surface area contributed by atoms with Gasteiger partial charge in [-0.2, -0.15) is 0 Å². The summed E-state index contributed by atoms with van der Waals surface area (Å²) in [6.45, 7) is 15.5. The predicted molar refractivity (Wildman–Crippen MR) is 167 cm³/mol. The van der Waals surface area contributed by atoms with Crippen LogP contribution in [0.2, 0.25) is 25.7 Å². The maximum Gasteiger partial charge on any atom is 0.410 e. The van der Waals surface area contributed by atoms with Crippen LogP contribution in [-0.4, -0.2) is 85.1 Å². The summed E-state index contributed by atoms with van der Waals surface area (Å²) in [7, 11) is 0.374. The fraction of sp³-hybridized carbons (Fsp3) is 0.581. The number of hydrogen-bond donors (Lipinski definition) is 0. The van der Waals surface area contributed by atoms with E-state index in [9.17, 15) is 4.79 Å². The van der Waals surface area contributed by atoms with Gasteiger partial charge in [-0.1, -0.05) is 31.8 Å². The van der Waals surface area contributed by atoms with E-state index in [4.69, 9.17) is 24.0 Å². The highest BCUT2D eigenvalue weighted by Gasteiger charge is 2.45. The second-order valence-corrected chi connectivity index (χ2v) is 19.1. The van der Waals surface area contributed by atoms with Crippen LogP contribution in [0.3, 0.4) is 0 Å². The summed E-state index contributed by atoms with van der Waals surface area (Å²) < 4.78 is 25.0. The molecule has 0 aliphatic carbocycles. The number of amides is 1. The maximum absolute atomic E-state index is 13.1. The molecule has 10 nitrogen and oxygen atoms in total. The standard InChI is InChI=1S/C31H45N5O5Si/c1-31(2,3)41-30(37)36-23-12-13-24(36)19-34(18-23)28-17-22-16-26(25-10-8-9-11-27(25)40-21-38-4)32-33-29(22)35(28)20-39-14-15-42(5,6)7/h8-11,16-17,23-24H,12-15,18-21H2,1-7H3. The van der Waals surface area contributed by atoms with Crippen molar-refractivity contribution in [3.63, 3.8) is 0 Å². The van der Waals surface area contributed by atoms with Gasteiger partial charge in [0.05, 0.1) is 17.8 Å². The van der Waals surface area contributed by atoms with Crippen molar-refractivity contribution < 1.29 is 23.7 Å². The summed E-state index contributed by atoms with van der Waals surface area (Å²) in [5, 5.41) is 10.3. The zero-order chi connectivity index (χ0) is 30.1. The van der Waals surface area contributed by atoms with E-state index in [-0.39, 0.29) is 25.0 Å². The molecule has 2 unspecified atom stereocenters. The number of para-hydroxylation sites is 1. The highest BCUT2D eigenvalue weighted by Crippen LogP contribution is 2.37. The van der Waals surface area contributed by atoms with Crippen LogP contribution in [0.5, 0.6) is 5.75 Å². The molecule has 3 aromatic rings. The third-order valence-corrected chi connectivity index (χ3v) is 9.45. The minimum Gasteiger partial charge on any atom is -0.467 e. The van der Waals surface area contributed by atoms with Crippen molar-refractivity contribution in [2.45, 2.75) is 83.7 Å². The number of benzene rings is 1. The SMILES string of the molecule is COCOc1ccccc1-c1cc2cc(N3CC4CCC(C3)N4C(=O)OC(C)(C)C)n(COCC[Si](C)(C)C)c2nn1. The first-order chi connectivity index (χ1) is 19.9. The van der Waals surface area contributed by atoms with Gasteiger partial charge in [-0.05, 0) is 63.9 Å². The molecule has 0 N–H and O–H groups in total. The predicted octanol–water partition coefficient (Wildman–Crippen LogP) is 5.98. The molecule has 4 heterocycles. The zero-order valence-corrected chi connectivity index (χ0v) is 27.1. The van der Waals surface area contributed by atoms with E-state index in [2.05, 4.69) is 46.3 Å². The van der Waals surface area contributed by atoms with E-state index in [0.717, 1.165) is 60.1 Å². The molecule has 2 saturated heterocycles. The van der Waals surface area contributed by atoms with Crippen LogP contribution in [0.4, 0.5) is 10.6 Å². The number of piperazine rings is 1. The van der Waals surface area contributed by atoms with E-state index in [1.807, 2.05) is 49.9 Å². The summed E-state index contributed by atoms with van der Waals surface area (Å²) in [5.74, 6) is 1.73. The zero-order valence-electron chi connectivity index (χ0n) is 26.1. The summed E-state index contributed by atoms with van der Waals surface area (Å²) in [4.78, 5) is 17.4. The van der Waals surface area contributed by atoms with Crippen LogP contribution in [0.25, 0.3) is 22.3 Å². The fourth-order valence-corrected chi connectivity index (χ4v) is 6.48. The van der Waals surface area contributed by atoms with Gasteiger partial charge in [-0.25, -0.2) is 4.79 Å². The first-order valence-electron chi connectivity index (χ1n) is 14.9. The molecule has 1 aromatic carbocycles. The van der Waals surface area contributed by atoms with E-state index in [1.165, 1.54) is 0 Å². The molecule has 0 saturated carbocycles. The Labute approximate surface area is 249 Å². The number of rotatable bonds is 10. The number of aromatic nitrogens is 3. The Morgan fingerprint density at radius 1 is 1.05 bits per heavy atom. The largest absolute Gasteiger partial charge is 0.467 e.